The molecule has 2 aromatic carbocycles. The van der Waals surface area contributed by atoms with Gasteiger partial charge in [-0.1, -0.05) is 11.6 Å². The lowest BCUT2D eigenvalue weighted by Gasteiger charge is -2.22. The highest BCUT2D eigenvalue weighted by atomic mass is 35.5. The molecule has 0 aliphatic rings. The van der Waals surface area contributed by atoms with E-state index in [1.165, 1.54) is 36.1 Å². The Labute approximate surface area is 223 Å². The van der Waals surface area contributed by atoms with Crippen molar-refractivity contribution in [3.63, 3.8) is 0 Å². The highest BCUT2D eigenvalue weighted by molar-refractivity contribution is 6.31. The predicted octanol–water partition coefficient (Wildman–Crippen LogP) is 4.28. The Kier molecular flexibility index (Phi) is 9.23. The molecule has 0 aliphatic carbocycles. The highest BCUT2D eigenvalue weighted by Crippen LogP contribution is 2.33. The number of nitrogens with two attached hydrogens (primary N) is 1. The Balaban J connectivity index is 2.04. The molecule has 0 spiro atoms. The number of pyridine rings is 1. The lowest BCUT2D eigenvalue weighted by Crippen LogP contribution is -2.34. The largest absolute Gasteiger partial charge is 0.495 e. The van der Waals surface area contributed by atoms with Crippen LogP contribution in [0.4, 0.5) is 10.1 Å². The second kappa shape index (κ2) is 12.4. The highest BCUT2D eigenvalue weighted by Gasteiger charge is 2.25. The van der Waals surface area contributed by atoms with Gasteiger partial charge in [-0.3, -0.25) is 19.0 Å². The summed E-state index contributed by atoms with van der Waals surface area (Å²) >= 11 is 6.13. The summed E-state index contributed by atoms with van der Waals surface area (Å²) in [6.45, 7) is 3.81. The lowest BCUT2D eigenvalue weighted by atomic mass is 10.00. The molecule has 0 saturated heterocycles. The van der Waals surface area contributed by atoms with Crippen LogP contribution < -0.4 is 21.3 Å². The summed E-state index contributed by atoms with van der Waals surface area (Å²) in [7, 11) is 1.39. The fourth-order valence-corrected chi connectivity index (χ4v) is 3.98. The number of carbonyl (C=O) groups excluding carboxylic acids is 2. The van der Waals surface area contributed by atoms with E-state index in [-0.39, 0.29) is 41.7 Å². The summed E-state index contributed by atoms with van der Waals surface area (Å²) in [5.41, 5.74) is 5.35. The van der Waals surface area contributed by atoms with Crippen molar-refractivity contribution in [1.82, 2.24) is 4.57 Å². The molecule has 0 radical (unpaired) electrons. The number of hydrogen-bond donors (Lipinski definition) is 2. The number of halogens is 2. The third-order valence-corrected chi connectivity index (χ3v) is 5.87. The van der Waals surface area contributed by atoms with Crippen LogP contribution >= 0.6 is 11.6 Å². The monoisotopic (exact) mass is 540 g/mol. The first-order valence-corrected chi connectivity index (χ1v) is 12.0. The fourth-order valence-electron chi connectivity index (χ4n) is 3.81. The average Bonchev–Trinajstić information content (AvgIpc) is 2.86. The van der Waals surface area contributed by atoms with Crippen molar-refractivity contribution in [3.8, 4) is 22.9 Å². The lowest BCUT2D eigenvalue weighted by molar-refractivity contribution is -0.120. The molecule has 2 amide bonds. The van der Waals surface area contributed by atoms with Gasteiger partial charge in [0.25, 0.3) is 11.5 Å². The molecule has 0 fully saturated rings. The molecule has 198 valence electrons. The van der Waals surface area contributed by atoms with Crippen molar-refractivity contribution in [1.29, 1.82) is 5.26 Å². The Bertz CT molecular complexity index is 1460. The van der Waals surface area contributed by atoms with Crippen LogP contribution in [-0.2, 0) is 9.53 Å². The Morgan fingerprint density at radius 2 is 1.92 bits per heavy atom. The minimum absolute atomic E-state index is 0.0708. The maximum Gasteiger partial charge on any atom is 0.252 e. The molecule has 3 aromatic rings. The molecule has 1 unspecified atom stereocenters. The number of carbonyl (C=O) groups is 2. The van der Waals surface area contributed by atoms with E-state index in [0.29, 0.717) is 16.1 Å². The van der Waals surface area contributed by atoms with Crippen molar-refractivity contribution in [3.05, 3.63) is 81.0 Å². The second-order valence-corrected chi connectivity index (χ2v) is 9.01. The van der Waals surface area contributed by atoms with Gasteiger partial charge in [-0.05, 0) is 50.2 Å². The number of amides is 2. The van der Waals surface area contributed by atoms with Crippen LogP contribution in [0.3, 0.4) is 0 Å². The number of aromatic nitrogens is 1. The predicted molar refractivity (Wildman–Crippen MR) is 141 cm³/mol. The fraction of sp³-hybridized carbons (Fsp3) is 0.259. The first kappa shape index (κ1) is 28.4. The van der Waals surface area contributed by atoms with E-state index in [1.54, 1.807) is 12.1 Å². The summed E-state index contributed by atoms with van der Waals surface area (Å²) in [5, 5.41) is 12.5. The van der Waals surface area contributed by atoms with Crippen LogP contribution in [0.1, 0.15) is 42.2 Å². The van der Waals surface area contributed by atoms with Crippen LogP contribution in [0.15, 0.2) is 53.5 Å². The van der Waals surface area contributed by atoms with Gasteiger partial charge in [0.05, 0.1) is 36.6 Å². The second-order valence-electron chi connectivity index (χ2n) is 8.57. The molecule has 3 rings (SSSR count). The molecular formula is C27H26ClFN4O5. The van der Waals surface area contributed by atoms with Gasteiger partial charge in [-0.15, -0.1) is 0 Å². The van der Waals surface area contributed by atoms with Crippen LogP contribution in [0.2, 0.25) is 5.02 Å². The Morgan fingerprint density at radius 1 is 1.18 bits per heavy atom. The third-order valence-electron chi connectivity index (χ3n) is 5.64. The van der Waals surface area contributed by atoms with Gasteiger partial charge >= 0.3 is 0 Å². The molecule has 1 heterocycles. The maximum absolute atomic E-state index is 14.2. The number of primary amides is 1. The van der Waals surface area contributed by atoms with Gasteiger partial charge in [0.2, 0.25) is 5.91 Å². The molecule has 0 bridgehead atoms. The van der Waals surface area contributed by atoms with Gasteiger partial charge in [0.1, 0.15) is 17.6 Å². The number of anilines is 1. The van der Waals surface area contributed by atoms with E-state index in [4.69, 9.17) is 26.8 Å². The molecule has 1 aromatic heterocycles. The van der Waals surface area contributed by atoms with Crippen LogP contribution in [-0.4, -0.2) is 36.2 Å². The minimum atomic E-state index is -1.07. The molecule has 11 heteroatoms. The summed E-state index contributed by atoms with van der Waals surface area (Å²) < 4.78 is 26.5. The molecule has 3 N–H and O–H groups in total. The van der Waals surface area contributed by atoms with E-state index in [1.807, 2.05) is 13.8 Å². The van der Waals surface area contributed by atoms with Gasteiger partial charge in [-0.25, -0.2) is 4.39 Å². The number of nitrogens with one attached hydrogen (secondary N) is 1. The van der Waals surface area contributed by atoms with Crippen molar-refractivity contribution in [2.45, 2.75) is 32.4 Å². The van der Waals surface area contributed by atoms with E-state index in [2.05, 4.69) is 11.4 Å². The molecule has 9 nitrogen and oxygen atoms in total. The van der Waals surface area contributed by atoms with Crippen molar-refractivity contribution >= 4 is 29.1 Å². The Morgan fingerprint density at radius 3 is 2.53 bits per heavy atom. The number of methoxy groups -OCH3 is 1. The van der Waals surface area contributed by atoms with E-state index < -0.39 is 29.2 Å². The van der Waals surface area contributed by atoms with Crippen molar-refractivity contribution < 1.29 is 23.5 Å². The van der Waals surface area contributed by atoms with Crippen LogP contribution in [0, 0.1) is 17.1 Å². The molecule has 0 saturated carbocycles. The standard InChI is InChI=1S/C27H26ClFN4O5/c1-15(2)38-9-8-23(27(36)32-18-6-7-19(26(31)35)22(29)11-18)33-14-24(37-3)21(12-25(33)34)20-10-17(28)5-4-16(20)13-30/h4-7,10-12,14-15,23H,8-9H2,1-3H3,(H2,31,35)(H,32,36). The van der Waals surface area contributed by atoms with E-state index in [0.717, 1.165) is 12.1 Å². The van der Waals surface area contributed by atoms with Gasteiger partial charge < -0.3 is 20.5 Å². The number of benzene rings is 2. The number of nitrogens with zero attached hydrogens (tertiary/aromatic N) is 2. The zero-order chi connectivity index (χ0) is 28.0. The minimum Gasteiger partial charge on any atom is -0.495 e. The van der Waals surface area contributed by atoms with Crippen molar-refractivity contribution in [2.75, 3.05) is 19.0 Å². The summed E-state index contributed by atoms with van der Waals surface area (Å²) in [6.07, 6.45) is 1.36. The van der Waals surface area contributed by atoms with Gasteiger partial charge in [0.15, 0.2) is 0 Å². The van der Waals surface area contributed by atoms with Crippen molar-refractivity contribution in [2.24, 2.45) is 5.73 Å². The Hall–Kier alpha value is -4.20. The smallest absolute Gasteiger partial charge is 0.252 e. The first-order chi connectivity index (χ1) is 18.0. The number of rotatable bonds is 10. The number of ether oxygens (including phenoxy) is 2. The van der Waals surface area contributed by atoms with Gasteiger partial charge in [-0.2, -0.15) is 5.26 Å². The number of hydrogen-bond acceptors (Lipinski definition) is 6. The summed E-state index contributed by atoms with van der Waals surface area (Å²) in [5.74, 6) is -2.24. The summed E-state index contributed by atoms with van der Waals surface area (Å²) in [6, 6.07) is 10.4. The topological polar surface area (TPSA) is 136 Å². The SMILES string of the molecule is COc1cn(C(CCOC(C)C)C(=O)Nc2ccc(C(N)=O)c(F)c2)c(=O)cc1-c1cc(Cl)ccc1C#N. The molecule has 38 heavy (non-hydrogen) atoms. The molecular weight excluding hydrogens is 515 g/mol. The van der Waals surface area contributed by atoms with Crippen LogP contribution in [0.5, 0.6) is 5.75 Å². The van der Waals surface area contributed by atoms with E-state index in [9.17, 15) is 24.0 Å². The number of nitriles is 1. The van der Waals surface area contributed by atoms with Gasteiger partial charge in [0, 0.05) is 40.9 Å². The zero-order valence-electron chi connectivity index (χ0n) is 21.0. The van der Waals surface area contributed by atoms with Crippen LogP contribution in [0.25, 0.3) is 11.1 Å². The molecule has 0 aliphatic heterocycles. The average molecular weight is 541 g/mol. The molecule has 1 atom stereocenters. The summed E-state index contributed by atoms with van der Waals surface area (Å²) in [4.78, 5) is 37.9. The van der Waals surface area contributed by atoms with E-state index >= 15 is 0 Å². The zero-order valence-corrected chi connectivity index (χ0v) is 21.7. The third kappa shape index (κ3) is 6.56. The normalized spacial score (nSPS) is 11.6. The maximum atomic E-state index is 14.2. The quantitative estimate of drug-likeness (QED) is 0.394. The first-order valence-electron chi connectivity index (χ1n) is 11.6.